The van der Waals surface area contributed by atoms with Gasteiger partial charge in [-0.15, -0.1) is 0 Å². The van der Waals surface area contributed by atoms with E-state index in [1.165, 1.54) is 0 Å². The van der Waals surface area contributed by atoms with E-state index in [4.69, 9.17) is 10.5 Å². The van der Waals surface area contributed by atoms with Gasteiger partial charge in [0.1, 0.15) is 5.75 Å². The van der Waals surface area contributed by atoms with Gasteiger partial charge in [0.2, 0.25) is 0 Å². The summed E-state index contributed by atoms with van der Waals surface area (Å²) in [5.74, 6) is 0.847. The fourth-order valence-corrected chi connectivity index (χ4v) is 1.35. The van der Waals surface area contributed by atoms with Crippen LogP contribution in [0.4, 0.5) is 0 Å². The van der Waals surface area contributed by atoms with Crippen LogP contribution in [-0.2, 0) is 0 Å². The summed E-state index contributed by atoms with van der Waals surface area (Å²) in [5, 5.41) is 0. The highest BCUT2D eigenvalue weighted by Gasteiger charge is 1.97. The van der Waals surface area contributed by atoms with Crippen LogP contribution in [0, 0.1) is 0 Å². The summed E-state index contributed by atoms with van der Waals surface area (Å²) < 4.78 is 6.14. The quantitative estimate of drug-likeness (QED) is 0.883. The molecule has 1 rings (SSSR count). The Morgan fingerprint density at radius 1 is 1.54 bits per heavy atom. The summed E-state index contributed by atoms with van der Waals surface area (Å²) in [5.41, 5.74) is 6.44. The maximum Gasteiger partial charge on any atom is 0.119 e. The molecule has 2 N–H and O–H groups in total. The van der Waals surface area contributed by atoms with E-state index in [2.05, 4.69) is 15.9 Å². The summed E-state index contributed by atoms with van der Waals surface area (Å²) in [6.45, 7) is 0.545. The molecule has 0 bridgehead atoms. The van der Waals surface area contributed by atoms with Crippen LogP contribution in [0.25, 0.3) is 6.08 Å². The molecule has 0 radical (unpaired) electrons. The van der Waals surface area contributed by atoms with E-state index in [0.717, 1.165) is 15.8 Å². The minimum absolute atomic E-state index is 0.545. The smallest absolute Gasteiger partial charge is 0.119 e. The zero-order chi connectivity index (χ0) is 9.68. The van der Waals surface area contributed by atoms with Crippen molar-refractivity contribution in [3.05, 3.63) is 34.3 Å². The zero-order valence-electron chi connectivity index (χ0n) is 7.46. The van der Waals surface area contributed by atoms with Crippen LogP contribution in [0.15, 0.2) is 28.7 Å². The van der Waals surface area contributed by atoms with Gasteiger partial charge in [0.15, 0.2) is 0 Å². The first-order valence-electron chi connectivity index (χ1n) is 3.98. The fourth-order valence-electron chi connectivity index (χ4n) is 0.972. The standard InChI is InChI=1S/C10H12BrNO/c1-13-9-4-5-10(11)8(7-9)3-2-6-12/h2-5,7H,6,12H2,1H3. The maximum atomic E-state index is 5.36. The van der Waals surface area contributed by atoms with Crippen LogP contribution < -0.4 is 10.5 Å². The Morgan fingerprint density at radius 2 is 2.31 bits per heavy atom. The van der Waals surface area contributed by atoms with Gasteiger partial charge in [-0.1, -0.05) is 28.1 Å². The molecule has 0 aliphatic heterocycles. The molecule has 13 heavy (non-hydrogen) atoms. The van der Waals surface area contributed by atoms with Crippen LogP contribution in [0.3, 0.4) is 0 Å². The second-order valence-electron chi connectivity index (χ2n) is 2.53. The molecule has 0 spiro atoms. The molecule has 1 aromatic rings. The molecule has 0 amide bonds. The third kappa shape index (κ3) is 2.86. The molecule has 0 saturated carbocycles. The molecule has 1 aromatic carbocycles. The Kier molecular flexibility index (Phi) is 3.99. The molecule has 2 nitrogen and oxygen atoms in total. The average molecular weight is 242 g/mol. The highest BCUT2D eigenvalue weighted by molar-refractivity contribution is 9.10. The average Bonchev–Trinajstić information content (AvgIpc) is 2.17. The zero-order valence-corrected chi connectivity index (χ0v) is 9.04. The number of hydrogen-bond acceptors (Lipinski definition) is 2. The molecule has 0 unspecified atom stereocenters. The highest BCUT2D eigenvalue weighted by atomic mass is 79.9. The van der Waals surface area contributed by atoms with Gasteiger partial charge < -0.3 is 10.5 Å². The second-order valence-corrected chi connectivity index (χ2v) is 3.38. The second kappa shape index (κ2) is 5.04. The third-order valence-electron chi connectivity index (χ3n) is 1.64. The van der Waals surface area contributed by atoms with Crippen LogP contribution >= 0.6 is 15.9 Å². The topological polar surface area (TPSA) is 35.2 Å². The fraction of sp³-hybridized carbons (Fsp3) is 0.200. The van der Waals surface area contributed by atoms with E-state index in [1.807, 2.05) is 30.4 Å². The molecule has 3 heteroatoms. The van der Waals surface area contributed by atoms with Crippen molar-refractivity contribution >= 4 is 22.0 Å². The van der Waals surface area contributed by atoms with Gasteiger partial charge in [0.05, 0.1) is 7.11 Å². The molecule has 0 fully saturated rings. The van der Waals surface area contributed by atoms with Crippen LogP contribution in [0.5, 0.6) is 5.75 Å². The van der Waals surface area contributed by atoms with Gasteiger partial charge in [0, 0.05) is 11.0 Å². The monoisotopic (exact) mass is 241 g/mol. The molecule has 0 saturated heterocycles. The molecular weight excluding hydrogens is 230 g/mol. The maximum absolute atomic E-state index is 5.36. The Labute approximate surface area is 86.5 Å². The predicted molar refractivity (Wildman–Crippen MR) is 58.8 cm³/mol. The first-order chi connectivity index (χ1) is 6.27. The number of hydrogen-bond donors (Lipinski definition) is 1. The largest absolute Gasteiger partial charge is 0.497 e. The lowest BCUT2D eigenvalue weighted by atomic mass is 10.2. The Bertz CT molecular complexity index is 310. The van der Waals surface area contributed by atoms with Crippen molar-refractivity contribution in [2.24, 2.45) is 5.73 Å². The molecular formula is C10H12BrNO. The number of nitrogens with two attached hydrogens (primary N) is 1. The Morgan fingerprint density at radius 3 is 2.92 bits per heavy atom. The van der Waals surface area contributed by atoms with Crippen molar-refractivity contribution in [1.29, 1.82) is 0 Å². The summed E-state index contributed by atoms with van der Waals surface area (Å²) >= 11 is 3.44. The van der Waals surface area contributed by atoms with Crippen molar-refractivity contribution < 1.29 is 4.74 Å². The van der Waals surface area contributed by atoms with Crippen molar-refractivity contribution in [1.82, 2.24) is 0 Å². The van der Waals surface area contributed by atoms with E-state index < -0.39 is 0 Å². The number of rotatable bonds is 3. The number of benzene rings is 1. The lowest BCUT2D eigenvalue weighted by Crippen LogP contribution is -1.92. The molecule has 0 heterocycles. The SMILES string of the molecule is COc1ccc(Br)c(C=CCN)c1. The normalized spacial score (nSPS) is 10.7. The van der Waals surface area contributed by atoms with Crippen molar-refractivity contribution in [2.45, 2.75) is 0 Å². The van der Waals surface area contributed by atoms with E-state index in [-0.39, 0.29) is 0 Å². The van der Waals surface area contributed by atoms with Crippen LogP contribution in [-0.4, -0.2) is 13.7 Å². The van der Waals surface area contributed by atoms with Gasteiger partial charge in [-0.25, -0.2) is 0 Å². The van der Waals surface area contributed by atoms with E-state index in [0.29, 0.717) is 6.54 Å². The van der Waals surface area contributed by atoms with E-state index in [9.17, 15) is 0 Å². The number of methoxy groups -OCH3 is 1. The molecule has 0 atom stereocenters. The van der Waals surface area contributed by atoms with Gasteiger partial charge >= 0.3 is 0 Å². The third-order valence-corrected chi connectivity index (χ3v) is 2.36. The van der Waals surface area contributed by atoms with Gasteiger partial charge in [0.25, 0.3) is 0 Å². The lowest BCUT2D eigenvalue weighted by Gasteiger charge is -2.02. The van der Waals surface area contributed by atoms with E-state index in [1.54, 1.807) is 7.11 Å². The van der Waals surface area contributed by atoms with Crippen LogP contribution in [0.1, 0.15) is 5.56 Å². The first kappa shape index (κ1) is 10.3. The first-order valence-corrected chi connectivity index (χ1v) is 4.77. The molecule has 0 aromatic heterocycles. The van der Waals surface area contributed by atoms with Gasteiger partial charge in [-0.3, -0.25) is 0 Å². The van der Waals surface area contributed by atoms with Crippen LogP contribution in [0.2, 0.25) is 0 Å². The number of halogens is 1. The Hall–Kier alpha value is -0.800. The summed E-state index contributed by atoms with van der Waals surface area (Å²) in [6.07, 6.45) is 3.87. The summed E-state index contributed by atoms with van der Waals surface area (Å²) in [4.78, 5) is 0. The minimum Gasteiger partial charge on any atom is -0.497 e. The highest BCUT2D eigenvalue weighted by Crippen LogP contribution is 2.23. The van der Waals surface area contributed by atoms with Gasteiger partial charge in [-0.05, 0) is 23.8 Å². The van der Waals surface area contributed by atoms with E-state index >= 15 is 0 Å². The predicted octanol–water partition coefficient (Wildman–Crippen LogP) is 2.43. The lowest BCUT2D eigenvalue weighted by molar-refractivity contribution is 0.414. The van der Waals surface area contributed by atoms with Crippen molar-refractivity contribution in [3.8, 4) is 5.75 Å². The van der Waals surface area contributed by atoms with Crippen molar-refractivity contribution in [2.75, 3.05) is 13.7 Å². The molecule has 0 aliphatic rings. The molecule has 70 valence electrons. The Balaban J connectivity index is 2.97. The summed E-state index contributed by atoms with van der Waals surface area (Å²) in [7, 11) is 1.65. The summed E-state index contributed by atoms with van der Waals surface area (Å²) in [6, 6.07) is 5.81. The molecule has 0 aliphatic carbocycles. The number of ether oxygens (including phenoxy) is 1. The van der Waals surface area contributed by atoms with Crippen molar-refractivity contribution in [3.63, 3.8) is 0 Å². The minimum atomic E-state index is 0.545. The van der Waals surface area contributed by atoms with Gasteiger partial charge in [-0.2, -0.15) is 0 Å².